The highest BCUT2D eigenvalue weighted by molar-refractivity contribution is 6.02. The molecule has 2 amide bonds. The van der Waals surface area contributed by atoms with Gasteiger partial charge in [-0.25, -0.2) is 14.4 Å². The van der Waals surface area contributed by atoms with E-state index in [4.69, 9.17) is 4.42 Å². The summed E-state index contributed by atoms with van der Waals surface area (Å²) >= 11 is 0. The SMILES string of the molecule is Cc1cccc(F)c1C(=O)N[C@@H](c1nc(C(=O)Nc2ccccn2)co1)C(C)C. The highest BCUT2D eigenvalue weighted by atomic mass is 19.1. The molecule has 7 nitrogen and oxygen atoms in total. The molecule has 29 heavy (non-hydrogen) atoms. The Morgan fingerprint density at radius 1 is 1.10 bits per heavy atom. The van der Waals surface area contributed by atoms with Crippen LogP contribution in [0, 0.1) is 18.7 Å². The average Bonchev–Trinajstić information content (AvgIpc) is 3.16. The van der Waals surface area contributed by atoms with E-state index in [1.54, 1.807) is 43.5 Å². The third kappa shape index (κ3) is 4.66. The number of nitrogens with one attached hydrogen (secondary N) is 2. The number of amides is 2. The van der Waals surface area contributed by atoms with Crippen LogP contribution in [0.5, 0.6) is 0 Å². The molecular formula is C21H21FN4O3. The van der Waals surface area contributed by atoms with E-state index in [1.807, 2.05) is 13.8 Å². The van der Waals surface area contributed by atoms with Crippen molar-refractivity contribution in [3.8, 4) is 0 Å². The zero-order valence-corrected chi connectivity index (χ0v) is 16.3. The number of benzene rings is 1. The monoisotopic (exact) mass is 396 g/mol. The predicted molar refractivity (Wildman–Crippen MR) is 105 cm³/mol. The number of hydrogen-bond acceptors (Lipinski definition) is 5. The number of aromatic nitrogens is 2. The van der Waals surface area contributed by atoms with Gasteiger partial charge in [0.25, 0.3) is 11.8 Å². The van der Waals surface area contributed by atoms with E-state index < -0.39 is 23.7 Å². The summed E-state index contributed by atoms with van der Waals surface area (Å²) < 4.78 is 19.6. The summed E-state index contributed by atoms with van der Waals surface area (Å²) in [6.07, 6.45) is 2.77. The van der Waals surface area contributed by atoms with Crippen LogP contribution in [0.25, 0.3) is 0 Å². The molecule has 8 heteroatoms. The summed E-state index contributed by atoms with van der Waals surface area (Å²) in [6.45, 7) is 5.38. The number of aryl methyl sites for hydroxylation is 1. The van der Waals surface area contributed by atoms with Gasteiger partial charge in [-0.15, -0.1) is 0 Å². The zero-order valence-electron chi connectivity index (χ0n) is 16.3. The maximum Gasteiger partial charge on any atom is 0.278 e. The van der Waals surface area contributed by atoms with Crippen molar-refractivity contribution in [3.05, 3.63) is 77.4 Å². The summed E-state index contributed by atoms with van der Waals surface area (Å²) in [6, 6.07) is 8.92. The second-order valence-electron chi connectivity index (χ2n) is 6.87. The van der Waals surface area contributed by atoms with Crippen LogP contribution in [0.1, 0.15) is 52.2 Å². The summed E-state index contributed by atoms with van der Waals surface area (Å²) in [5.41, 5.74) is 0.540. The molecule has 0 bridgehead atoms. The van der Waals surface area contributed by atoms with E-state index in [9.17, 15) is 14.0 Å². The second kappa shape index (κ2) is 8.64. The molecule has 0 fully saturated rings. The molecule has 0 aliphatic carbocycles. The molecule has 1 atom stereocenters. The van der Waals surface area contributed by atoms with Crippen LogP contribution in [0.4, 0.5) is 10.2 Å². The minimum absolute atomic E-state index is 0.0298. The molecule has 3 rings (SSSR count). The molecular weight excluding hydrogens is 375 g/mol. The van der Waals surface area contributed by atoms with Crippen molar-refractivity contribution in [1.82, 2.24) is 15.3 Å². The number of carbonyl (C=O) groups excluding carboxylic acids is 2. The Morgan fingerprint density at radius 3 is 2.55 bits per heavy atom. The molecule has 0 aliphatic heterocycles. The minimum atomic E-state index is -0.641. The highest BCUT2D eigenvalue weighted by Crippen LogP contribution is 2.23. The normalized spacial score (nSPS) is 11.9. The van der Waals surface area contributed by atoms with Gasteiger partial charge in [0.1, 0.15) is 23.9 Å². The molecule has 150 valence electrons. The Hall–Kier alpha value is -3.55. The first kappa shape index (κ1) is 20.2. The van der Waals surface area contributed by atoms with Crippen LogP contribution in [0.15, 0.2) is 53.3 Å². The summed E-state index contributed by atoms with van der Waals surface area (Å²) in [5, 5.41) is 5.37. The number of pyridine rings is 1. The number of halogens is 1. The lowest BCUT2D eigenvalue weighted by Crippen LogP contribution is -2.33. The van der Waals surface area contributed by atoms with Gasteiger partial charge in [-0.05, 0) is 36.6 Å². The Labute approximate surface area is 167 Å². The highest BCUT2D eigenvalue weighted by Gasteiger charge is 2.27. The first-order chi connectivity index (χ1) is 13.9. The number of carbonyl (C=O) groups is 2. The van der Waals surface area contributed by atoms with Crippen molar-refractivity contribution in [3.63, 3.8) is 0 Å². The summed E-state index contributed by atoms with van der Waals surface area (Å²) in [7, 11) is 0. The van der Waals surface area contributed by atoms with Crippen molar-refractivity contribution < 1.29 is 18.4 Å². The zero-order chi connectivity index (χ0) is 21.0. The molecule has 2 N–H and O–H groups in total. The standard InChI is InChI=1S/C21H21FN4O3/c1-12(2)18(26-20(28)17-13(3)7-6-8-14(17)22)21-24-15(11-29-21)19(27)25-16-9-4-5-10-23-16/h4-12,18H,1-3H3,(H,26,28)(H,23,25,27)/t18-/m1/s1. The summed E-state index contributed by atoms with van der Waals surface area (Å²) in [5.74, 6) is -1.24. The van der Waals surface area contributed by atoms with Gasteiger partial charge < -0.3 is 15.1 Å². The molecule has 0 radical (unpaired) electrons. The maximum absolute atomic E-state index is 14.1. The molecule has 2 heterocycles. The van der Waals surface area contributed by atoms with E-state index in [0.717, 1.165) is 0 Å². The Kier molecular flexibility index (Phi) is 6.01. The third-order valence-corrected chi connectivity index (χ3v) is 4.33. The number of oxazole rings is 1. The van der Waals surface area contributed by atoms with Crippen LogP contribution < -0.4 is 10.6 Å². The second-order valence-corrected chi connectivity index (χ2v) is 6.87. The lowest BCUT2D eigenvalue weighted by atomic mass is 10.0. The molecule has 0 saturated heterocycles. The van der Waals surface area contributed by atoms with Crippen molar-refractivity contribution in [1.29, 1.82) is 0 Å². The Balaban J connectivity index is 1.78. The summed E-state index contributed by atoms with van der Waals surface area (Å²) in [4.78, 5) is 33.2. The fourth-order valence-corrected chi connectivity index (χ4v) is 2.80. The Morgan fingerprint density at radius 2 is 1.90 bits per heavy atom. The van der Waals surface area contributed by atoms with Crippen LogP contribution in [0.2, 0.25) is 0 Å². The van der Waals surface area contributed by atoms with Crippen LogP contribution in [-0.4, -0.2) is 21.8 Å². The van der Waals surface area contributed by atoms with Crippen molar-refractivity contribution >= 4 is 17.6 Å². The first-order valence-electron chi connectivity index (χ1n) is 9.10. The van der Waals surface area contributed by atoms with Gasteiger partial charge in [0.15, 0.2) is 5.69 Å². The van der Waals surface area contributed by atoms with Crippen molar-refractivity contribution in [2.45, 2.75) is 26.8 Å². The number of nitrogens with zero attached hydrogens (tertiary/aromatic N) is 2. The number of anilines is 1. The Bertz CT molecular complexity index is 998. The fraction of sp³-hybridized carbons (Fsp3) is 0.238. The van der Waals surface area contributed by atoms with Gasteiger partial charge >= 0.3 is 0 Å². The molecule has 2 aromatic heterocycles. The smallest absolute Gasteiger partial charge is 0.278 e. The molecule has 0 unspecified atom stereocenters. The van der Waals surface area contributed by atoms with Gasteiger partial charge in [-0.2, -0.15) is 0 Å². The minimum Gasteiger partial charge on any atom is -0.446 e. The predicted octanol–water partition coefficient (Wildman–Crippen LogP) is 3.90. The lowest BCUT2D eigenvalue weighted by Gasteiger charge is -2.20. The van der Waals surface area contributed by atoms with Crippen molar-refractivity contribution in [2.75, 3.05) is 5.32 Å². The van der Waals surface area contributed by atoms with Gasteiger partial charge in [-0.1, -0.05) is 32.0 Å². The molecule has 0 saturated carbocycles. The fourth-order valence-electron chi connectivity index (χ4n) is 2.80. The maximum atomic E-state index is 14.1. The number of hydrogen-bond donors (Lipinski definition) is 2. The molecule has 3 aromatic rings. The lowest BCUT2D eigenvalue weighted by molar-refractivity contribution is 0.0911. The van der Waals surface area contributed by atoms with Crippen LogP contribution in [0.3, 0.4) is 0 Å². The molecule has 1 aromatic carbocycles. The third-order valence-electron chi connectivity index (χ3n) is 4.33. The first-order valence-corrected chi connectivity index (χ1v) is 9.10. The largest absolute Gasteiger partial charge is 0.446 e. The number of rotatable bonds is 6. The van der Waals surface area contributed by atoms with E-state index in [1.165, 1.54) is 12.3 Å². The van der Waals surface area contributed by atoms with E-state index >= 15 is 0 Å². The van der Waals surface area contributed by atoms with E-state index in [-0.39, 0.29) is 23.1 Å². The molecule has 0 spiro atoms. The van der Waals surface area contributed by atoms with E-state index in [2.05, 4.69) is 20.6 Å². The van der Waals surface area contributed by atoms with Crippen LogP contribution in [-0.2, 0) is 0 Å². The average molecular weight is 396 g/mol. The van der Waals surface area contributed by atoms with Gasteiger partial charge in [0, 0.05) is 6.20 Å². The topological polar surface area (TPSA) is 97.1 Å². The van der Waals surface area contributed by atoms with Gasteiger partial charge in [0.05, 0.1) is 5.56 Å². The quantitative estimate of drug-likeness (QED) is 0.659. The van der Waals surface area contributed by atoms with Crippen LogP contribution >= 0.6 is 0 Å². The van der Waals surface area contributed by atoms with Gasteiger partial charge in [-0.3, -0.25) is 9.59 Å². The molecule has 0 aliphatic rings. The van der Waals surface area contributed by atoms with Crippen molar-refractivity contribution in [2.24, 2.45) is 5.92 Å². The van der Waals surface area contributed by atoms with E-state index in [0.29, 0.717) is 11.4 Å². The van der Waals surface area contributed by atoms with Gasteiger partial charge in [0.2, 0.25) is 5.89 Å².